The molecule has 0 aromatic carbocycles. The highest BCUT2D eigenvalue weighted by Crippen LogP contribution is 2.18. The lowest BCUT2D eigenvalue weighted by Crippen LogP contribution is -2.46. The van der Waals surface area contributed by atoms with Crippen LogP contribution in [-0.2, 0) is 9.59 Å². The third kappa shape index (κ3) is 3.67. The molecule has 1 aliphatic heterocycles. The van der Waals surface area contributed by atoms with Crippen molar-refractivity contribution in [1.82, 2.24) is 10.2 Å². The van der Waals surface area contributed by atoms with E-state index in [0.29, 0.717) is 0 Å². The second kappa shape index (κ2) is 5.97. The lowest BCUT2D eigenvalue weighted by atomic mass is 10.2. The van der Waals surface area contributed by atoms with Gasteiger partial charge in [0, 0.05) is 19.0 Å². The van der Waals surface area contributed by atoms with Crippen molar-refractivity contribution in [2.24, 2.45) is 0 Å². The number of carbonyl (C=O) groups excluding carboxylic acids is 1. The first kappa shape index (κ1) is 13.9. The number of aliphatic carboxylic acids is 1. The SMILES string of the molecule is CCC(C)NCC(=O)N1CC(O)C[C@H]1C(=O)O. The monoisotopic (exact) mass is 244 g/mol. The molecule has 1 aliphatic rings. The Balaban J connectivity index is 2.52. The van der Waals surface area contributed by atoms with Crippen LogP contribution in [0.25, 0.3) is 0 Å². The molecule has 2 unspecified atom stereocenters. The molecule has 1 rings (SSSR count). The topological polar surface area (TPSA) is 89.9 Å². The fourth-order valence-corrected chi connectivity index (χ4v) is 1.83. The van der Waals surface area contributed by atoms with E-state index in [2.05, 4.69) is 5.32 Å². The number of β-amino-alcohol motifs (C(OH)–C–C–N with tert-alkyl or cyclic N) is 1. The molecule has 0 aromatic heterocycles. The van der Waals surface area contributed by atoms with Gasteiger partial charge in [-0.2, -0.15) is 0 Å². The van der Waals surface area contributed by atoms with Crippen LogP contribution in [0.4, 0.5) is 0 Å². The molecule has 0 radical (unpaired) electrons. The Hall–Kier alpha value is -1.14. The number of carbonyl (C=O) groups is 2. The summed E-state index contributed by atoms with van der Waals surface area (Å²) in [4.78, 5) is 24.0. The van der Waals surface area contributed by atoms with Gasteiger partial charge in [-0.3, -0.25) is 4.79 Å². The Bertz CT molecular complexity index is 295. The molecule has 1 saturated heterocycles. The van der Waals surface area contributed by atoms with E-state index in [-0.39, 0.29) is 31.5 Å². The van der Waals surface area contributed by atoms with Gasteiger partial charge in [-0.1, -0.05) is 6.92 Å². The van der Waals surface area contributed by atoms with Gasteiger partial charge in [-0.05, 0) is 13.3 Å². The zero-order valence-corrected chi connectivity index (χ0v) is 10.2. The summed E-state index contributed by atoms with van der Waals surface area (Å²) in [6.45, 7) is 4.19. The first-order valence-electron chi connectivity index (χ1n) is 5.89. The summed E-state index contributed by atoms with van der Waals surface area (Å²) in [5, 5.41) is 21.4. The smallest absolute Gasteiger partial charge is 0.326 e. The van der Waals surface area contributed by atoms with Crippen LogP contribution in [0.15, 0.2) is 0 Å². The molecule has 6 nitrogen and oxygen atoms in total. The first-order valence-corrected chi connectivity index (χ1v) is 5.89. The van der Waals surface area contributed by atoms with Gasteiger partial charge in [0.25, 0.3) is 0 Å². The van der Waals surface area contributed by atoms with Gasteiger partial charge in [0.2, 0.25) is 5.91 Å². The normalized spacial score (nSPS) is 25.9. The molecule has 6 heteroatoms. The van der Waals surface area contributed by atoms with Gasteiger partial charge in [0.05, 0.1) is 12.6 Å². The van der Waals surface area contributed by atoms with E-state index >= 15 is 0 Å². The van der Waals surface area contributed by atoms with Crippen molar-refractivity contribution >= 4 is 11.9 Å². The molecule has 0 spiro atoms. The average Bonchev–Trinajstić information content (AvgIpc) is 2.67. The summed E-state index contributed by atoms with van der Waals surface area (Å²) in [7, 11) is 0. The zero-order valence-electron chi connectivity index (χ0n) is 10.2. The number of nitrogens with one attached hydrogen (secondary N) is 1. The Morgan fingerprint density at radius 2 is 2.18 bits per heavy atom. The number of nitrogens with zero attached hydrogens (tertiary/aromatic N) is 1. The molecule has 1 fully saturated rings. The number of aliphatic hydroxyl groups is 1. The number of aliphatic hydroxyl groups excluding tert-OH is 1. The number of likely N-dealkylation sites (tertiary alicyclic amines) is 1. The van der Waals surface area contributed by atoms with E-state index in [1.54, 1.807) is 0 Å². The maximum absolute atomic E-state index is 11.8. The summed E-state index contributed by atoms with van der Waals surface area (Å²) in [6.07, 6.45) is 0.284. The van der Waals surface area contributed by atoms with E-state index in [1.165, 1.54) is 4.90 Å². The molecule has 1 heterocycles. The Morgan fingerprint density at radius 1 is 1.53 bits per heavy atom. The van der Waals surface area contributed by atoms with Gasteiger partial charge in [0.15, 0.2) is 0 Å². The van der Waals surface area contributed by atoms with Gasteiger partial charge in [-0.15, -0.1) is 0 Å². The minimum Gasteiger partial charge on any atom is -0.480 e. The van der Waals surface area contributed by atoms with Crippen molar-refractivity contribution in [3.63, 3.8) is 0 Å². The molecule has 1 amide bonds. The Kier molecular flexibility index (Phi) is 4.89. The molecular weight excluding hydrogens is 224 g/mol. The van der Waals surface area contributed by atoms with Crippen molar-refractivity contribution in [2.75, 3.05) is 13.1 Å². The highest BCUT2D eigenvalue weighted by Gasteiger charge is 2.38. The molecule has 0 aliphatic carbocycles. The van der Waals surface area contributed by atoms with E-state index in [0.717, 1.165) is 6.42 Å². The van der Waals surface area contributed by atoms with E-state index in [4.69, 9.17) is 5.11 Å². The van der Waals surface area contributed by atoms with Gasteiger partial charge in [0.1, 0.15) is 6.04 Å². The number of hydrogen-bond donors (Lipinski definition) is 3. The highest BCUT2D eigenvalue weighted by atomic mass is 16.4. The van der Waals surface area contributed by atoms with Crippen molar-refractivity contribution in [1.29, 1.82) is 0 Å². The molecule has 17 heavy (non-hydrogen) atoms. The number of amides is 1. The van der Waals surface area contributed by atoms with Crippen molar-refractivity contribution in [3.05, 3.63) is 0 Å². The van der Waals surface area contributed by atoms with Crippen LogP contribution in [0.1, 0.15) is 26.7 Å². The fourth-order valence-electron chi connectivity index (χ4n) is 1.83. The maximum atomic E-state index is 11.8. The van der Waals surface area contributed by atoms with Gasteiger partial charge in [-0.25, -0.2) is 4.79 Å². The molecular formula is C11H20N2O4. The van der Waals surface area contributed by atoms with Crippen molar-refractivity contribution in [2.45, 2.75) is 44.9 Å². The summed E-state index contributed by atoms with van der Waals surface area (Å²) in [6, 6.07) is -0.675. The van der Waals surface area contributed by atoms with Crippen LogP contribution < -0.4 is 5.32 Å². The van der Waals surface area contributed by atoms with Crippen LogP contribution in [0.3, 0.4) is 0 Å². The van der Waals surface area contributed by atoms with Gasteiger partial charge < -0.3 is 20.4 Å². The third-order valence-electron chi connectivity index (χ3n) is 3.10. The zero-order chi connectivity index (χ0) is 13.0. The Labute approximate surface area is 101 Å². The quantitative estimate of drug-likeness (QED) is 0.602. The third-order valence-corrected chi connectivity index (χ3v) is 3.10. The summed E-state index contributed by atoms with van der Waals surface area (Å²) in [5.41, 5.74) is 0. The maximum Gasteiger partial charge on any atom is 0.326 e. The molecule has 0 bridgehead atoms. The summed E-state index contributed by atoms with van der Waals surface area (Å²) >= 11 is 0. The van der Waals surface area contributed by atoms with Crippen molar-refractivity contribution in [3.8, 4) is 0 Å². The molecule has 0 aromatic rings. The highest BCUT2D eigenvalue weighted by molar-refractivity contribution is 5.85. The minimum absolute atomic E-state index is 0.109. The van der Waals surface area contributed by atoms with Crippen LogP contribution in [0, 0.1) is 0 Å². The predicted molar refractivity (Wildman–Crippen MR) is 61.5 cm³/mol. The molecule has 3 atom stereocenters. The average molecular weight is 244 g/mol. The number of carboxylic acids is 1. The van der Waals surface area contributed by atoms with Crippen LogP contribution in [-0.4, -0.2) is 58.3 Å². The van der Waals surface area contributed by atoms with Crippen molar-refractivity contribution < 1.29 is 19.8 Å². The van der Waals surface area contributed by atoms with E-state index < -0.39 is 18.1 Å². The predicted octanol–water partition coefficient (Wildman–Crippen LogP) is -0.579. The van der Waals surface area contributed by atoms with Crippen LogP contribution in [0.5, 0.6) is 0 Å². The second-order valence-electron chi connectivity index (χ2n) is 4.48. The summed E-state index contributed by atoms with van der Waals surface area (Å²) in [5.74, 6) is -1.33. The standard InChI is InChI=1S/C11H20N2O4/c1-3-7(2)12-5-10(15)13-6-8(14)4-9(13)11(16)17/h7-9,12,14H,3-6H2,1-2H3,(H,16,17)/t7?,8?,9-/m0/s1. The molecule has 0 saturated carbocycles. The largest absolute Gasteiger partial charge is 0.480 e. The minimum atomic E-state index is -1.06. The summed E-state index contributed by atoms with van der Waals surface area (Å²) < 4.78 is 0. The Morgan fingerprint density at radius 3 is 2.71 bits per heavy atom. The van der Waals surface area contributed by atoms with E-state index in [9.17, 15) is 14.7 Å². The lowest BCUT2D eigenvalue weighted by Gasteiger charge is -2.22. The number of hydrogen-bond acceptors (Lipinski definition) is 4. The fraction of sp³-hybridized carbons (Fsp3) is 0.818. The molecule has 98 valence electrons. The van der Waals surface area contributed by atoms with Gasteiger partial charge >= 0.3 is 5.97 Å². The lowest BCUT2D eigenvalue weighted by molar-refractivity contribution is -0.147. The number of rotatable bonds is 5. The second-order valence-corrected chi connectivity index (χ2v) is 4.48. The van der Waals surface area contributed by atoms with Crippen LogP contribution in [0.2, 0.25) is 0 Å². The molecule has 3 N–H and O–H groups in total. The van der Waals surface area contributed by atoms with E-state index in [1.807, 2.05) is 13.8 Å². The number of carboxylic acid groups (broad SMARTS) is 1. The van der Waals surface area contributed by atoms with Crippen LogP contribution >= 0.6 is 0 Å². The first-order chi connectivity index (χ1) is 7.95.